The minimum Gasteiger partial charge on any atom is -0.491 e. The number of aryl methyl sites for hydroxylation is 1. The Balaban J connectivity index is 1.46. The van der Waals surface area contributed by atoms with Gasteiger partial charge >= 0.3 is 0 Å². The van der Waals surface area contributed by atoms with Gasteiger partial charge < -0.3 is 19.6 Å². The second kappa shape index (κ2) is 10.6. The van der Waals surface area contributed by atoms with Gasteiger partial charge in [-0.2, -0.15) is 5.10 Å². The van der Waals surface area contributed by atoms with Crippen LogP contribution in [-0.2, 0) is 20.0 Å². The molecule has 1 N–H and O–H groups in total. The highest BCUT2D eigenvalue weighted by Crippen LogP contribution is 2.20. The summed E-state index contributed by atoms with van der Waals surface area (Å²) in [5.74, 6) is 0.869. The van der Waals surface area contributed by atoms with Gasteiger partial charge in [0.1, 0.15) is 18.5 Å². The van der Waals surface area contributed by atoms with Gasteiger partial charge in [0.15, 0.2) is 0 Å². The Morgan fingerprint density at radius 1 is 1.21 bits per heavy atom. The fraction of sp³-hybridized carbons (Fsp3) is 0.591. The van der Waals surface area contributed by atoms with E-state index in [4.69, 9.17) is 4.74 Å². The number of aliphatic hydroxyl groups excluding tert-OH is 1. The second-order valence-corrected chi connectivity index (χ2v) is 7.94. The monoisotopic (exact) mass is 386 g/mol. The predicted molar refractivity (Wildman–Crippen MR) is 111 cm³/mol. The van der Waals surface area contributed by atoms with E-state index in [-0.39, 0.29) is 0 Å². The summed E-state index contributed by atoms with van der Waals surface area (Å²) in [5.41, 5.74) is 2.40. The van der Waals surface area contributed by atoms with E-state index in [9.17, 15) is 5.11 Å². The molecule has 1 atom stereocenters. The van der Waals surface area contributed by atoms with Crippen molar-refractivity contribution in [2.75, 3.05) is 39.8 Å². The average Bonchev–Trinajstić information content (AvgIpc) is 3.12. The maximum atomic E-state index is 10.4. The molecular formula is C22H34N4O2. The summed E-state index contributed by atoms with van der Waals surface area (Å²) in [6, 6.07) is 8.14. The van der Waals surface area contributed by atoms with Gasteiger partial charge in [0.25, 0.3) is 0 Å². The molecule has 2 aromatic rings. The number of hydrogen-bond acceptors (Lipinski definition) is 5. The molecule has 0 amide bonds. The van der Waals surface area contributed by atoms with Crippen molar-refractivity contribution in [3.05, 3.63) is 47.8 Å². The number of benzene rings is 1. The van der Waals surface area contributed by atoms with Crippen molar-refractivity contribution in [2.24, 2.45) is 7.05 Å². The molecule has 1 fully saturated rings. The number of likely N-dealkylation sites (tertiary alicyclic amines) is 1. The van der Waals surface area contributed by atoms with E-state index in [0.717, 1.165) is 43.9 Å². The molecule has 0 saturated carbocycles. The highest BCUT2D eigenvalue weighted by molar-refractivity contribution is 5.33. The summed E-state index contributed by atoms with van der Waals surface area (Å²) in [7, 11) is 4.07. The van der Waals surface area contributed by atoms with Gasteiger partial charge in [0.05, 0.1) is 6.20 Å². The number of aliphatic hydroxyl groups is 1. The van der Waals surface area contributed by atoms with E-state index >= 15 is 0 Å². The third kappa shape index (κ3) is 6.62. The van der Waals surface area contributed by atoms with Crippen LogP contribution in [-0.4, -0.2) is 70.6 Å². The van der Waals surface area contributed by atoms with Crippen LogP contribution in [0.1, 0.15) is 30.4 Å². The Labute approximate surface area is 168 Å². The number of nitrogens with zero attached hydrogens (tertiary/aromatic N) is 4. The summed E-state index contributed by atoms with van der Waals surface area (Å²) in [4.78, 5) is 4.63. The molecule has 1 aliphatic rings. The van der Waals surface area contributed by atoms with Gasteiger partial charge in [-0.3, -0.25) is 4.68 Å². The molecule has 0 aliphatic carbocycles. The van der Waals surface area contributed by atoms with Crippen LogP contribution in [0, 0.1) is 0 Å². The molecule has 1 aromatic carbocycles. The number of para-hydroxylation sites is 1. The number of rotatable bonds is 10. The number of aromatic nitrogens is 2. The largest absolute Gasteiger partial charge is 0.491 e. The highest BCUT2D eigenvalue weighted by atomic mass is 16.5. The Hall–Kier alpha value is -1.89. The Bertz CT molecular complexity index is 712. The van der Waals surface area contributed by atoms with Crippen LogP contribution in [0.3, 0.4) is 0 Å². The molecule has 1 aliphatic heterocycles. The fourth-order valence-electron chi connectivity index (χ4n) is 3.74. The van der Waals surface area contributed by atoms with Crippen molar-refractivity contribution in [3.63, 3.8) is 0 Å². The molecular weight excluding hydrogens is 352 g/mol. The lowest BCUT2D eigenvalue weighted by atomic mass is 10.1. The van der Waals surface area contributed by atoms with Gasteiger partial charge in [-0.1, -0.05) is 24.6 Å². The van der Waals surface area contributed by atoms with Crippen LogP contribution >= 0.6 is 0 Å². The lowest BCUT2D eigenvalue weighted by molar-refractivity contribution is 0.0612. The van der Waals surface area contributed by atoms with E-state index in [0.29, 0.717) is 13.2 Å². The first-order valence-corrected chi connectivity index (χ1v) is 10.4. The molecule has 154 valence electrons. The average molecular weight is 387 g/mol. The SMILES string of the molecule is CN(CCc1cnn(C)c1)Cc1ccccc1OC[C@H](O)CN1CCCCC1. The van der Waals surface area contributed by atoms with Crippen molar-refractivity contribution >= 4 is 0 Å². The molecule has 28 heavy (non-hydrogen) atoms. The number of piperidine rings is 1. The molecule has 6 nitrogen and oxygen atoms in total. The highest BCUT2D eigenvalue weighted by Gasteiger charge is 2.16. The lowest BCUT2D eigenvalue weighted by Gasteiger charge is -2.28. The van der Waals surface area contributed by atoms with E-state index in [1.54, 1.807) is 0 Å². The maximum absolute atomic E-state index is 10.4. The Morgan fingerprint density at radius 2 is 2.00 bits per heavy atom. The number of β-amino-alcohol motifs (C(OH)–C–C–N with tert-alkyl or cyclic N) is 1. The van der Waals surface area contributed by atoms with Crippen molar-refractivity contribution in [1.82, 2.24) is 19.6 Å². The third-order valence-corrected chi connectivity index (χ3v) is 5.30. The molecule has 6 heteroatoms. The van der Waals surface area contributed by atoms with Crippen LogP contribution in [0.2, 0.25) is 0 Å². The molecule has 0 radical (unpaired) electrons. The number of likely N-dealkylation sites (N-methyl/N-ethyl adjacent to an activating group) is 1. The zero-order valence-corrected chi connectivity index (χ0v) is 17.3. The molecule has 1 aromatic heterocycles. The van der Waals surface area contributed by atoms with Crippen LogP contribution in [0.4, 0.5) is 0 Å². The van der Waals surface area contributed by atoms with Crippen molar-refractivity contribution in [2.45, 2.75) is 38.3 Å². The summed E-state index contributed by atoms with van der Waals surface area (Å²) < 4.78 is 7.83. The van der Waals surface area contributed by atoms with Crippen LogP contribution < -0.4 is 4.74 Å². The first kappa shape index (κ1) is 20.8. The van der Waals surface area contributed by atoms with E-state index < -0.39 is 6.10 Å². The Kier molecular flexibility index (Phi) is 7.89. The van der Waals surface area contributed by atoms with Crippen molar-refractivity contribution in [3.8, 4) is 5.75 Å². The summed E-state index contributed by atoms with van der Waals surface area (Å²) >= 11 is 0. The quantitative estimate of drug-likeness (QED) is 0.679. The fourth-order valence-corrected chi connectivity index (χ4v) is 3.74. The van der Waals surface area contributed by atoms with E-state index in [1.165, 1.54) is 24.8 Å². The first-order chi connectivity index (χ1) is 13.6. The molecule has 0 spiro atoms. The van der Waals surface area contributed by atoms with Gasteiger partial charge in [-0.25, -0.2) is 0 Å². The van der Waals surface area contributed by atoms with Gasteiger partial charge in [-0.15, -0.1) is 0 Å². The molecule has 2 heterocycles. The topological polar surface area (TPSA) is 53.8 Å². The van der Waals surface area contributed by atoms with Gasteiger partial charge in [0.2, 0.25) is 0 Å². The molecule has 0 bridgehead atoms. The van der Waals surface area contributed by atoms with Crippen LogP contribution in [0.5, 0.6) is 5.75 Å². The predicted octanol–water partition coefficient (Wildman–Crippen LogP) is 2.32. The number of ether oxygens (including phenoxy) is 1. The second-order valence-electron chi connectivity index (χ2n) is 7.94. The smallest absolute Gasteiger partial charge is 0.123 e. The summed E-state index contributed by atoms with van der Waals surface area (Å²) in [5, 5.41) is 14.6. The Morgan fingerprint density at radius 3 is 2.75 bits per heavy atom. The third-order valence-electron chi connectivity index (χ3n) is 5.30. The normalized spacial score (nSPS) is 16.4. The standard InChI is InChI=1S/C22H34N4O2/c1-24(13-10-19-14-23-25(2)15-19)16-20-8-4-5-9-22(20)28-18-21(27)17-26-11-6-3-7-12-26/h4-5,8-9,14-15,21,27H,3,6-7,10-13,16-18H2,1-2H3/t21-/m1/s1. The van der Waals surface area contributed by atoms with Gasteiger partial charge in [-0.05, 0) is 51.0 Å². The summed E-state index contributed by atoms with van der Waals surface area (Å²) in [6.45, 7) is 5.00. The van der Waals surface area contributed by atoms with E-state index in [1.807, 2.05) is 36.1 Å². The van der Waals surface area contributed by atoms with Crippen LogP contribution in [0.15, 0.2) is 36.7 Å². The zero-order valence-electron chi connectivity index (χ0n) is 17.3. The summed E-state index contributed by atoms with van der Waals surface area (Å²) in [6.07, 6.45) is 8.30. The molecule has 1 saturated heterocycles. The maximum Gasteiger partial charge on any atom is 0.123 e. The van der Waals surface area contributed by atoms with Gasteiger partial charge in [0, 0.05) is 38.4 Å². The first-order valence-electron chi connectivity index (χ1n) is 10.4. The molecule has 3 rings (SSSR count). The molecule has 0 unspecified atom stereocenters. The van der Waals surface area contributed by atoms with Crippen molar-refractivity contribution < 1.29 is 9.84 Å². The van der Waals surface area contributed by atoms with E-state index in [2.05, 4.69) is 34.2 Å². The lowest BCUT2D eigenvalue weighted by Crippen LogP contribution is -2.38. The van der Waals surface area contributed by atoms with Crippen molar-refractivity contribution in [1.29, 1.82) is 0 Å². The minimum atomic E-state index is -0.450. The minimum absolute atomic E-state index is 0.340. The zero-order chi connectivity index (χ0) is 19.8. The number of hydrogen-bond donors (Lipinski definition) is 1. The van der Waals surface area contributed by atoms with Crippen LogP contribution in [0.25, 0.3) is 0 Å².